The van der Waals surface area contributed by atoms with Gasteiger partial charge in [0.2, 0.25) is 0 Å². The minimum atomic E-state index is -0.410. The van der Waals surface area contributed by atoms with Crippen molar-refractivity contribution in [2.24, 2.45) is 0 Å². The molecule has 118 valence electrons. The minimum Gasteiger partial charge on any atom is -0.461 e. The Hall–Kier alpha value is -3.14. The lowest BCUT2D eigenvalue weighted by Gasteiger charge is -2.07. The number of esters is 1. The van der Waals surface area contributed by atoms with Crippen LogP contribution in [0.3, 0.4) is 0 Å². The van der Waals surface area contributed by atoms with E-state index >= 15 is 0 Å². The molecule has 0 aliphatic heterocycles. The number of fused-ring (bicyclic) bond motifs is 3. The smallest absolute Gasteiger partial charge is 0.359 e. The number of carbonyl (C=O) groups excluding carboxylic acids is 1. The van der Waals surface area contributed by atoms with Crippen LogP contribution in [0.25, 0.3) is 33.1 Å². The molecule has 0 aliphatic carbocycles. The Bertz CT molecular complexity index is 1040. The van der Waals surface area contributed by atoms with Gasteiger partial charge in [-0.15, -0.1) is 0 Å². The van der Waals surface area contributed by atoms with Crippen molar-refractivity contribution in [1.29, 1.82) is 0 Å². The van der Waals surface area contributed by atoms with Crippen LogP contribution in [0.5, 0.6) is 0 Å². The summed E-state index contributed by atoms with van der Waals surface area (Å²) in [7, 11) is 0. The highest BCUT2D eigenvalue weighted by Crippen LogP contribution is 2.31. The molecule has 4 aromatic rings. The van der Waals surface area contributed by atoms with Gasteiger partial charge in [0.1, 0.15) is 0 Å². The normalized spacial score (nSPS) is 11.0. The third-order valence-corrected chi connectivity index (χ3v) is 4.03. The number of para-hydroxylation sites is 1. The van der Waals surface area contributed by atoms with Gasteiger partial charge < -0.3 is 9.72 Å². The van der Waals surface area contributed by atoms with E-state index in [2.05, 4.69) is 9.97 Å². The summed E-state index contributed by atoms with van der Waals surface area (Å²) < 4.78 is 5.20. The molecule has 0 unspecified atom stereocenters. The van der Waals surface area contributed by atoms with Crippen LogP contribution in [0.4, 0.5) is 0 Å². The molecular weight excluding hydrogens is 300 g/mol. The van der Waals surface area contributed by atoms with Crippen molar-refractivity contribution in [3.8, 4) is 11.3 Å². The molecule has 0 bridgehead atoms. The third-order valence-electron chi connectivity index (χ3n) is 4.03. The van der Waals surface area contributed by atoms with E-state index in [1.54, 1.807) is 6.92 Å². The highest BCUT2D eigenvalue weighted by atomic mass is 16.5. The summed E-state index contributed by atoms with van der Waals surface area (Å²) in [6.07, 6.45) is 0. The number of aromatic nitrogens is 2. The zero-order valence-corrected chi connectivity index (χ0v) is 13.2. The van der Waals surface area contributed by atoms with Crippen molar-refractivity contribution in [2.45, 2.75) is 6.92 Å². The van der Waals surface area contributed by atoms with Gasteiger partial charge in [0.15, 0.2) is 5.69 Å². The molecule has 2 aromatic carbocycles. The van der Waals surface area contributed by atoms with Gasteiger partial charge in [-0.05, 0) is 19.1 Å². The standard InChI is InChI=1S/C20H16N2O2/c1-2-24-20(23)19-18-15(14-10-6-7-11-16(14)21-18)12-17(22-19)13-8-4-3-5-9-13/h3-12,21H,2H2,1H3. The quantitative estimate of drug-likeness (QED) is 0.564. The van der Waals surface area contributed by atoms with Gasteiger partial charge >= 0.3 is 5.97 Å². The lowest BCUT2D eigenvalue weighted by molar-refractivity contribution is 0.0522. The lowest BCUT2D eigenvalue weighted by atomic mass is 10.1. The molecule has 4 heteroatoms. The first-order valence-electron chi connectivity index (χ1n) is 7.92. The van der Waals surface area contributed by atoms with E-state index in [1.165, 1.54) is 0 Å². The SMILES string of the molecule is CCOC(=O)c1nc(-c2ccccc2)cc2c1[nH]c1ccccc12. The summed E-state index contributed by atoms with van der Waals surface area (Å²) in [5.74, 6) is -0.410. The average Bonchev–Trinajstić information content (AvgIpc) is 3.00. The Morgan fingerprint density at radius 1 is 1.04 bits per heavy atom. The first-order valence-corrected chi connectivity index (χ1v) is 7.92. The van der Waals surface area contributed by atoms with Gasteiger partial charge in [-0.25, -0.2) is 9.78 Å². The lowest BCUT2D eigenvalue weighted by Crippen LogP contribution is -2.08. The number of nitrogens with zero attached hydrogens (tertiary/aromatic N) is 1. The Kier molecular flexibility index (Phi) is 3.50. The van der Waals surface area contributed by atoms with Crippen LogP contribution in [0, 0.1) is 0 Å². The first kappa shape index (κ1) is 14.5. The summed E-state index contributed by atoms with van der Waals surface area (Å²) >= 11 is 0. The maximum Gasteiger partial charge on any atom is 0.359 e. The number of hydrogen-bond acceptors (Lipinski definition) is 3. The zero-order chi connectivity index (χ0) is 16.5. The van der Waals surface area contributed by atoms with Gasteiger partial charge in [0, 0.05) is 21.9 Å². The van der Waals surface area contributed by atoms with Crippen molar-refractivity contribution < 1.29 is 9.53 Å². The molecule has 0 atom stereocenters. The summed E-state index contributed by atoms with van der Waals surface area (Å²) in [6.45, 7) is 2.11. The van der Waals surface area contributed by atoms with Crippen LogP contribution < -0.4 is 0 Å². The van der Waals surface area contributed by atoms with E-state index in [9.17, 15) is 4.79 Å². The fourth-order valence-corrected chi connectivity index (χ4v) is 2.95. The maximum atomic E-state index is 12.4. The number of benzene rings is 2. The Labute approximate surface area is 139 Å². The number of carbonyl (C=O) groups is 1. The first-order chi connectivity index (χ1) is 11.8. The highest BCUT2D eigenvalue weighted by molar-refractivity contribution is 6.13. The second-order valence-electron chi connectivity index (χ2n) is 5.54. The molecular formula is C20H16N2O2. The molecule has 0 amide bonds. The molecule has 0 saturated heterocycles. The molecule has 0 radical (unpaired) electrons. The number of ether oxygens (including phenoxy) is 1. The molecule has 24 heavy (non-hydrogen) atoms. The summed E-state index contributed by atoms with van der Waals surface area (Å²) in [5.41, 5.74) is 3.75. The van der Waals surface area contributed by atoms with E-state index in [0.717, 1.165) is 27.5 Å². The summed E-state index contributed by atoms with van der Waals surface area (Å²) in [4.78, 5) is 20.3. The third kappa shape index (κ3) is 2.33. The Morgan fingerprint density at radius 3 is 2.58 bits per heavy atom. The molecule has 0 fully saturated rings. The number of pyridine rings is 1. The Morgan fingerprint density at radius 2 is 1.79 bits per heavy atom. The summed E-state index contributed by atoms with van der Waals surface area (Å²) in [5, 5.41) is 2.04. The fraction of sp³-hybridized carbons (Fsp3) is 0.100. The van der Waals surface area contributed by atoms with Crippen LogP contribution >= 0.6 is 0 Å². The molecule has 0 aliphatic rings. The maximum absolute atomic E-state index is 12.4. The highest BCUT2D eigenvalue weighted by Gasteiger charge is 2.18. The topological polar surface area (TPSA) is 55.0 Å². The van der Waals surface area contributed by atoms with Gasteiger partial charge in [0.25, 0.3) is 0 Å². The van der Waals surface area contributed by atoms with Crippen LogP contribution in [-0.4, -0.2) is 22.5 Å². The van der Waals surface area contributed by atoms with Crippen molar-refractivity contribution in [3.05, 3.63) is 66.4 Å². The van der Waals surface area contributed by atoms with Crippen LogP contribution in [0.15, 0.2) is 60.7 Å². The molecule has 4 rings (SSSR count). The molecule has 2 aromatic heterocycles. The van der Waals surface area contributed by atoms with Gasteiger partial charge in [0.05, 0.1) is 17.8 Å². The number of hydrogen-bond donors (Lipinski definition) is 1. The molecule has 2 heterocycles. The van der Waals surface area contributed by atoms with Gasteiger partial charge in [-0.2, -0.15) is 0 Å². The molecule has 4 nitrogen and oxygen atoms in total. The number of rotatable bonds is 3. The van der Waals surface area contributed by atoms with Crippen molar-refractivity contribution in [3.63, 3.8) is 0 Å². The van der Waals surface area contributed by atoms with E-state index < -0.39 is 5.97 Å². The van der Waals surface area contributed by atoms with Crippen molar-refractivity contribution in [2.75, 3.05) is 6.61 Å². The number of aromatic amines is 1. The van der Waals surface area contributed by atoms with Crippen molar-refractivity contribution >= 4 is 27.8 Å². The zero-order valence-electron chi connectivity index (χ0n) is 13.2. The van der Waals surface area contributed by atoms with E-state index in [-0.39, 0.29) is 0 Å². The van der Waals surface area contributed by atoms with E-state index in [1.807, 2.05) is 60.7 Å². The minimum absolute atomic E-state index is 0.317. The van der Waals surface area contributed by atoms with E-state index in [4.69, 9.17) is 4.74 Å². The molecule has 1 N–H and O–H groups in total. The van der Waals surface area contributed by atoms with Crippen LogP contribution in [0.2, 0.25) is 0 Å². The fourth-order valence-electron chi connectivity index (χ4n) is 2.95. The van der Waals surface area contributed by atoms with Gasteiger partial charge in [-0.3, -0.25) is 0 Å². The van der Waals surface area contributed by atoms with Crippen LogP contribution in [-0.2, 0) is 4.74 Å². The van der Waals surface area contributed by atoms with Crippen molar-refractivity contribution in [1.82, 2.24) is 9.97 Å². The monoisotopic (exact) mass is 316 g/mol. The van der Waals surface area contributed by atoms with Crippen LogP contribution in [0.1, 0.15) is 17.4 Å². The largest absolute Gasteiger partial charge is 0.461 e. The second kappa shape index (κ2) is 5.81. The molecule has 0 saturated carbocycles. The predicted octanol–water partition coefficient (Wildman–Crippen LogP) is 4.56. The number of H-pyrrole nitrogens is 1. The Balaban J connectivity index is 2.05. The van der Waals surface area contributed by atoms with Gasteiger partial charge in [-0.1, -0.05) is 48.5 Å². The molecule has 0 spiro atoms. The summed E-state index contributed by atoms with van der Waals surface area (Å²) in [6, 6.07) is 19.9. The number of nitrogens with one attached hydrogen (secondary N) is 1. The predicted molar refractivity (Wildman–Crippen MR) is 95.0 cm³/mol. The average molecular weight is 316 g/mol. The second-order valence-corrected chi connectivity index (χ2v) is 5.54. The van der Waals surface area contributed by atoms with E-state index in [0.29, 0.717) is 17.8 Å².